The van der Waals surface area contributed by atoms with E-state index in [1.807, 2.05) is 30.3 Å². The minimum Gasteiger partial charge on any atom is -0.507 e. The molecule has 0 aliphatic rings. The second-order valence-corrected chi connectivity index (χ2v) is 8.19. The molecule has 0 saturated carbocycles. The van der Waals surface area contributed by atoms with Gasteiger partial charge in [0.05, 0.1) is 17.7 Å². The average Bonchev–Trinajstić information content (AvgIpc) is 3.17. The SMILES string of the molecule is COC(=O)c1ccc(NS(=O)(=O)c2cccc(-c3cc4ccccc4o3)c2)cc1O. The van der Waals surface area contributed by atoms with Crippen molar-refractivity contribution in [2.24, 2.45) is 0 Å². The fourth-order valence-electron chi connectivity index (χ4n) is 3.03. The molecule has 0 aliphatic carbocycles. The molecule has 2 N–H and O–H groups in total. The van der Waals surface area contributed by atoms with Crippen molar-refractivity contribution in [1.29, 1.82) is 0 Å². The fourth-order valence-corrected chi connectivity index (χ4v) is 4.13. The van der Waals surface area contributed by atoms with E-state index in [1.165, 1.54) is 31.4 Å². The average molecular weight is 423 g/mol. The number of para-hydroxylation sites is 1. The van der Waals surface area contributed by atoms with Crippen LogP contribution < -0.4 is 4.72 Å². The molecule has 0 unspecified atom stereocenters. The highest BCUT2D eigenvalue weighted by Gasteiger charge is 2.18. The van der Waals surface area contributed by atoms with Crippen LogP contribution in [0.2, 0.25) is 0 Å². The first-order valence-electron chi connectivity index (χ1n) is 8.90. The van der Waals surface area contributed by atoms with Crippen molar-refractivity contribution in [2.75, 3.05) is 11.8 Å². The summed E-state index contributed by atoms with van der Waals surface area (Å²) in [5.41, 5.74) is 1.36. The Hall–Kier alpha value is -3.78. The Labute approximate surface area is 172 Å². The third-order valence-electron chi connectivity index (χ3n) is 4.51. The van der Waals surface area contributed by atoms with Gasteiger partial charge in [-0.1, -0.05) is 30.3 Å². The molecule has 8 heteroatoms. The van der Waals surface area contributed by atoms with E-state index in [0.717, 1.165) is 11.5 Å². The number of hydrogen-bond donors (Lipinski definition) is 2. The summed E-state index contributed by atoms with van der Waals surface area (Å²) in [6.45, 7) is 0. The number of phenols is 1. The molecule has 7 nitrogen and oxygen atoms in total. The minimum absolute atomic E-state index is 0.0250. The normalized spacial score (nSPS) is 11.4. The summed E-state index contributed by atoms with van der Waals surface area (Å²) >= 11 is 0. The zero-order valence-electron chi connectivity index (χ0n) is 15.8. The second-order valence-electron chi connectivity index (χ2n) is 6.51. The lowest BCUT2D eigenvalue weighted by molar-refractivity contribution is 0.0597. The first-order valence-corrected chi connectivity index (χ1v) is 10.4. The van der Waals surface area contributed by atoms with Crippen molar-refractivity contribution in [3.63, 3.8) is 0 Å². The number of ether oxygens (including phenoxy) is 1. The maximum atomic E-state index is 12.8. The Morgan fingerprint density at radius 1 is 1.00 bits per heavy atom. The lowest BCUT2D eigenvalue weighted by Crippen LogP contribution is -2.13. The predicted octanol–water partition coefficient (Wildman–Crippen LogP) is 4.39. The van der Waals surface area contributed by atoms with E-state index in [9.17, 15) is 18.3 Å². The van der Waals surface area contributed by atoms with Gasteiger partial charge >= 0.3 is 5.97 Å². The maximum absolute atomic E-state index is 12.8. The molecule has 0 bridgehead atoms. The lowest BCUT2D eigenvalue weighted by atomic mass is 10.1. The van der Waals surface area contributed by atoms with Crippen molar-refractivity contribution in [3.05, 3.63) is 78.4 Å². The van der Waals surface area contributed by atoms with Crippen LogP contribution in [0.3, 0.4) is 0 Å². The smallest absolute Gasteiger partial charge is 0.341 e. The van der Waals surface area contributed by atoms with Crippen LogP contribution >= 0.6 is 0 Å². The number of benzene rings is 3. The first-order chi connectivity index (χ1) is 14.4. The highest BCUT2D eigenvalue weighted by atomic mass is 32.2. The van der Waals surface area contributed by atoms with Gasteiger partial charge < -0.3 is 14.3 Å². The van der Waals surface area contributed by atoms with Crippen LogP contribution in [0.5, 0.6) is 5.75 Å². The van der Waals surface area contributed by atoms with Crippen LogP contribution in [0.1, 0.15) is 10.4 Å². The van der Waals surface area contributed by atoms with Gasteiger partial charge in [0.25, 0.3) is 10.0 Å². The molecule has 0 radical (unpaired) electrons. The van der Waals surface area contributed by atoms with E-state index in [2.05, 4.69) is 9.46 Å². The number of rotatable bonds is 5. The van der Waals surface area contributed by atoms with Crippen LogP contribution in [-0.2, 0) is 14.8 Å². The van der Waals surface area contributed by atoms with Crippen LogP contribution in [0.4, 0.5) is 5.69 Å². The molecule has 0 saturated heterocycles. The third-order valence-corrected chi connectivity index (χ3v) is 5.89. The Bertz CT molecular complexity index is 1320. The molecule has 0 amide bonds. The van der Waals surface area contributed by atoms with Crippen molar-refractivity contribution >= 4 is 32.6 Å². The summed E-state index contributed by atoms with van der Waals surface area (Å²) in [5.74, 6) is -0.563. The van der Waals surface area contributed by atoms with Gasteiger partial charge in [0, 0.05) is 17.0 Å². The summed E-state index contributed by atoms with van der Waals surface area (Å²) in [6, 6.07) is 19.5. The van der Waals surface area contributed by atoms with Crippen molar-refractivity contribution in [3.8, 4) is 17.1 Å². The molecule has 0 atom stereocenters. The van der Waals surface area contributed by atoms with Crippen molar-refractivity contribution in [2.45, 2.75) is 4.90 Å². The zero-order valence-corrected chi connectivity index (χ0v) is 16.6. The Kier molecular flexibility index (Phi) is 4.93. The second kappa shape index (κ2) is 7.57. The number of carbonyl (C=O) groups excluding carboxylic acids is 1. The quantitative estimate of drug-likeness (QED) is 0.461. The van der Waals surface area contributed by atoms with E-state index in [-0.39, 0.29) is 16.1 Å². The van der Waals surface area contributed by atoms with E-state index in [1.54, 1.807) is 12.1 Å². The summed E-state index contributed by atoms with van der Waals surface area (Å²) in [7, 11) is -2.76. The molecule has 0 fully saturated rings. The summed E-state index contributed by atoms with van der Waals surface area (Å²) < 4.78 is 38.4. The van der Waals surface area contributed by atoms with Gasteiger partial charge in [0.2, 0.25) is 0 Å². The molecule has 1 aromatic heterocycles. The number of anilines is 1. The van der Waals surface area contributed by atoms with Gasteiger partial charge in [-0.3, -0.25) is 4.72 Å². The summed E-state index contributed by atoms with van der Waals surface area (Å²) in [5, 5.41) is 10.9. The van der Waals surface area contributed by atoms with E-state index >= 15 is 0 Å². The fraction of sp³-hybridized carbons (Fsp3) is 0.0455. The standard InChI is InChI=1S/C22H17NO6S/c1-28-22(25)18-10-9-16(13-19(18)24)23-30(26,27)17-7-4-6-14(11-17)21-12-15-5-2-3-8-20(15)29-21/h2-13,23-24H,1H3. The summed E-state index contributed by atoms with van der Waals surface area (Å²) in [6.07, 6.45) is 0. The number of methoxy groups -OCH3 is 1. The number of esters is 1. The number of aromatic hydroxyl groups is 1. The Morgan fingerprint density at radius 2 is 1.80 bits per heavy atom. The number of sulfonamides is 1. The number of hydrogen-bond acceptors (Lipinski definition) is 6. The third kappa shape index (κ3) is 3.72. The zero-order chi connectivity index (χ0) is 21.3. The largest absolute Gasteiger partial charge is 0.507 e. The molecular formula is C22H17NO6S. The maximum Gasteiger partial charge on any atom is 0.341 e. The van der Waals surface area contributed by atoms with Gasteiger partial charge in [-0.15, -0.1) is 0 Å². The van der Waals surface area contributed by atoms with E-state index in [0.29, 0.717) is 16.9 Å². The van der Waals surface area contributed by atoms with Crippen LogP contribution in [-0.4, -0.2) is 26.6 Å². The van der Waals surface area contributed by atoms with Gasteiger partial charge in [0.15, 0.2) is 0 Å². The predicted molar refractivity (Wildman–Crippen MR) is 112 cm³/mol. The van der Waals surface area contributed by atoms with Gasteiger partial charge in [-0.05, 0) is 36.4 Å². The molecule has 0 spiro atoms. The van der Waals surface area contributed by atoms with E-state index in [4.69, 9.17) is 4.42 Å². The highest BCUT2D eigenvalue weighted by molar-refractivity contribution is 7.92. The number of furan rings is 1. The lowest BCUT2D eigenvalue weighted by Gasteiger charge is -2.10. The van der Waals surface area contributed by atoms with Crippen LogP contribution in [0.25, 0.3) is 22.3 Å². The topological polar surface area (TPSA) is 106 Å². The first kappa shape index (κ1) is 19.5. The molecule has 30 heavy (non-hydrogen) atoms. The molecule has 3 aromatic carbocycles. The van der Waals surface area contributed by atoms with Gasteiger partial charge in [-0.2, -0.15) is 0 Å². The molecule has 152 valence electrons. The molecular weight excluding hydrogens is 406 g/mol. The molecule has 0 aliphatic heterocycles. The van der Waals surface area contributed by atoms with Crippen molar-refractivity contribution < 1.29 is 27.5 Å². The van der Waals surface area contributed by atoms with E-state index < -0.39 is 21.7 Å². The molecule has 4 aromatic rings. The number of phenolic OH excluding ortho intramolecular Hbond substituents is 1. The number of fused-ring (bicyclic) bond motifs is 1. The number of nitrogens with one attached hydrogen (secondary N) is 1. The molecule has 4 rings (SSSR count). The Morgan fingerprint density at radius 3 is 2.53 bits per heavy atom. The van der Waals surface area contributed by atoms with Gasteiger partial charge in [0.1, 0.15) is 22.7 Å². The van der Waals surface area contributed by atoms with Crippen molar-refractivity contribution in [1.82, 2.24) is 0 Å². The minimum atomic E-state index is -3.95. The highest BCUT2D eigenvalue weighted by Crippen LogP contribution is 2.30. The molecule has 1 heterocycles. The van der Waals surface area contributed by atoms with Crippen LogP contribution in [0, 0.1) is 0 Å². The number of carbonyl (C=O) groups is 1. The summed E-state index contributed by atoms with van der Waals surface area (Å²) in [4.78, 5) is 11.6. The Balaban J connectivity index is 1.64. The van der Waals surface area contributed by atoms with Gasteiger partial charge in [-0.25, -0.2) is 13.2 Å². The van der Waals surface area contributed by atoms with Crippen LogP contribution in [0.15, 0.2) is 82.1 Å². The monoisotopic (exact) mass is 423 g/mol.